The Bertz CT molecular complexity index is 1740. The highest BCUT2D eigenvalue weighted by molar-refractivity contribution is 7.92. The molecule has 4 rings (SSSR count). The van der Waals surface area contributed by atoms with Crippen molar-refractivity contribution in [2.75, 3.05) is 38.1 Å². The number of carbonyl (C=O) groups is 1. The first-order valence-electron chi connectivity index (χ1n) is 15.4. The number of aromatic nitrogens is 4. The van der Waals surface area contributed by atoms with Crippen LogP contribution in [-0.2, 0) is 38.9 Å². The molecule has 0 saturated carbocycles. The zero-order valence-corrected chi connectivity index (χ0v) is 29.2. The van der Waals surface area contributed by atoms with E-state index in [4.69, 9.17) is 9.47 Å². The normalized spacial score (nSPS) is 21.1. The minimum Gasteiger partial charge on any atom is -0.490 e. The first kappa shape index (κ1) is 36.3. The number of carbonyl (C=O) groups excluding carboxylic acids is 1. The molecule has 0 aliphatic carbocycles. The number of fused-ring (bicyclic) bond motifs is 1. The Balaban J connectivity index is 1.67. The van der Waals surface area contributed by atoms with E-state index in [0.29, 0.717) is 19.4 Å². The molecule has 15 nitrogen and oxygen atoms in total. The Morgan fingerprint density at radius 1 is 1.06 bits per heavy atom. The molecule has 0 radical (unpaired) electrons. The van der Waals surface area contributed by atoms with Crippen LogP contribution >= 0.6 is 0 Å². The molecule has 1 aliphatic heterocycles. The second-order valence-corrected chi connectivity index (χ2v) is 15.8. The quantitative estimate of drug-likeness (QED) is 0.337. The Kier molecular flexibility index (Phi) is 11.7. The predicted octanol–water partition coefficient (Wildman–Crippen LogP) is 2.07. The maximum absolute atomic E-state index is 14.3. The molecule has 1 aromatic carbocycles. The molecule has 0 fully saturated rings. The lowest BCUT2D eigenvalue weighted by atomic mass is 10.0. The average molecular weight is 696 g/mol. The van der Waals surface area contributed by atoms with E-state index in [1.807, 2.05) is 13.8 Å². The smallest absolute Gasteiger partial charge is 0.280 e. The number of hydrogen-bond donors (Lipinski definition) is 2. The fourth-order valence-corrected chi connectivity index (χ4v) is 7.39. The first-order valence-corrected chi connectivity index (χ1v) is 18.3. The number of nitrogens with one attached hydrogen (secondary N) is 1. The van der Waals surface area contributed by atoms with Gasteiger partial charge in [0, 0.05) is 64.8 Å². The molecule has 17 heteroatoms. The fourth-order valence-electron chi connectivity index (χ4n) is 5.22. The number of anilines is 1. The number of imidazole rings is 2. The van der Waals surface area contributed by atoms with Gasteiger partial charge >= 0.3 is 0 Å². The van der Waals surface area contributed by atoms with Crippen LogP contribution in [0.15, 0.2) is 53.3 Å². The number of benzene rings is 1. The highest BCUT2D eigenvalue weighted by Gasteiger charge is 2.33. The number of nitrogens with zero attached hydrogens (tertiary/aromatic N) is 6. The maximum atomic E-state index is 14.3. The highest BCUT2D eigenvalue weighted by atomic mass is 32.2. The Hall–Kier alpha value is -3.51. The summed E-state index contributed by atoms with van der Waals surface area (Å²) in [5.41, 5.74) is 0.238. The molecule has 0 spiro atoms. The van der Waals surface area contributed by atoms with E-state index in [-0.39, 0.29) is 58.8 Å². The molecule has 1 aliphatic rings. The SMILES string of the molecule is C[C@H]1CCCCO[C@H](CN(C)S(=O)(=O)c2cn(C)cn2)[C@@H](C)CN([C@@H](C)CO)C(=O)c2cc(NS(=O)(=O)c3cn(C)cn3)ccc2O1. The molecule has 260 valence electrons. The van der Waals surface area contributed by atoms with Crippen molar-refractivity contribution in [1.29, 1.82) is 0 Å². The van der Waals surface area contributed by atoms with E-state index in [1.54, 1.807) is 31.7 Å². The van der Waals surface area contributed by atoms with Crippen LogP contribution in [0, 0.1) is 5.92 Å². The lowest BCUT2D eigenvalue weighted by Gasteiger charge is -2.35. The third kappa shape index (κ3) is 8.90. The molecule has 0 unspecified atom stereocenters. The predicted molar refractivity (Wildman–Crippen MR) is 174 cm³/mol. The van der Waals surface area contributed by atoms with Gasteiger partial charge in [0.15, 0.2) is 10.1 Å². The van der Waals surface area contributed by atoms with Gasteiger partial charge in [-0.3, -0.25) is 9.52 Å². The zero-order valence-electron chi connectivity index (χ0n) is 27.6. The van der Waals surface area contributed by atoms with Crippen molar-refractivity contribution in [3.8, 4) is 5.75 Å². The number of aliphatic hydroxyl groups is 1. The van der Waals surface area contributed by atoms with Gasteiger partial charge in [-0.25, -0.2) is 18.4 Å². The molecule has 2 aromatic heterocycles. The van der Waals surface area contributed by atoms with Crippen molar-refractivity contribution in [3.63, 3.8) is 0 Å². The van der Waals surface area contributed by atoms with Crippen LogP contribution in [0.2, 0.25) is 0 Å². The summed E-state index contributed by atoms with van der Waals surface area (Å²) in [6, 6.07) is 3.85. The van der Waals surface area contributed by atoms with Crippen LogP contribution in [0.25, 0.3) is 0 Å². The molecule has 3 heterocycles. The number of hydrogen-bond acceptors (Lipinski definition) is 10. The number of amides is 1. The highest BCUT2D eigenvalue weighted by Crippen LogP contribution is 2.29. The molecule has 0 bridgehead atoms. The van der Waals surface area contributed by atoms with E-state index in [1.165, 1.54) is 58.0 Å². The van der Waals surface area contributed by atoms with Crippen molar-refractivity contribution in [2.24, 2.45) is 20.0 Å². The number of likely N-dealkylation sites (N-methyl/N-ethyl adjacent to an activating group) is 1. The standard InChI is InChI=1S/C30H45N7O8S2/c1-21-14-37(22(2)18-38)30(39)25-13-24(33-46(40,41)28-16-34(4)19-31-28)10-11-26(25)45-23(3)9-7-8-12-44-27(21)15-36(6)47(42,43)29-17-35(5)20-32-29/h10-11,13,16-17,19-23,27,33,38H,7-9,12,14-15,18H2,1-6H3/t21-,22-,23-,27+/m0/s1. The topological polar surface area (TPSA) is 178 Å². The van der Waals surface area contributed by atoms with Gasteiger partial charge in [0.05, 0.1) is 43.1 Å². The molecular weight excluding hydrogens is 651 g/mol. The van der Waals surface area contributed by atoms with Gasteiger partial charge in [-0.1, -0.05) is 6.92 Å². The van der Waals surface area contributed by atoms with Crippen molar-refractivity contribution in [3.05, 3.63) is 48.8 Å². The lowest BCUT2D eigenvalue weighted by molar-refractivity contribution is -0.00835. The summed E-state index contributed by atoms with van der Waals surface area (Å²) in [5, 5.41) is 9.92. The molecule has 3 aromatic rings. The summed E-state index contributed by atoms with van der Waals surface area (Å²) >= 11 is 0. The van der Waals surface area contributed by atoms with Crippen molar-refractivity contribution >= 4 is 31.6 Å². The molecule has 1 amide bonds. The third-order valence-electron chi connectivity index (χ3n) is 8.05. The summed E-state index contributed by atoms with van der Waals surface area (Å²) in [6.07, 6.45) is 6.79. The van der Waals surface area contributed by atoms with Gasteiger partial charge in [-0.2, -0.15) is 12.7 Å². The van der Waals surface area contributed by atoms with Crippen LogP contribution in [0.5, 0.6) is 5.75 Å². The Morgan fingerprint density at radius 3 is 2.34 bits per heavy atom. The van der Waals surface area contributed by atoms with Crippen LogP contribution < -0.4 is 9.46 Å². The molecule has 47 heavy (non-hydrogen) atoms. The van der Waals surface area contributed by atoms with E-state index < -0.39 is 38.1 Å². The first-order chi connectivity index (χ1) is 22.1. The summed E-state index contributed by atoms with van der Waals surface area (Å²) in [7, 11) is -3.16. The fraction of sp³-hybridized carbons (Fsp3) is 0.567. The lowest BCUT2D eigenvalue weighted by Crippen LogP contribution is -2.48. The van der Waals surface area contributed by atoms with Gasteiger partial charge in [0.25, 0.3) is 26.0 Å². The monoisotopic (exact) mass is 695 g/mol. The van der Waals surface area contributed by atoms with E-state index in [9.17, 15) is 26.7 Å². The summed E-state index contributed by atoms with van der Waals surface area (Å²) in [5.74, 6) is -0.603. The second-order valence-electron chi connectivity index (χ2n) is 12.2. The van der Waals surface area contributed by atoms with E-state index in [2.05, 4.69) is 14.7 Å². The molecular formula is C30H45N7O8S2. The van der Waals surface area contributed by atoms with Gasteiger partial charge in [-0.05, 0) is 51.3 Å². The van der Waals surface area contributed by atoms with E-state index >= 15 is 0 Å². The van der Waals surface area contributed by atoms with Gasteiger partial charge < -0.3 is 28.6 Å². The zero-order chi connectivity index (χ0) is 34.5. The van der Waals surface area contributed by atoms with Gasteiger partial charge in [-0.15, -0.1) is 0 Å². The number of ether oxygens (including phenoxy) is 2. The second kappa shape index (κ2) is 15.1. The Labute approximate surface area is 276 Å². The molecule has 2 N–H and O–H groups in total. The van der Waals surface area contributed by atoms with Crippen molar-refractivity contribution < 1.29 is 36.2 Å². The minimum absolute atomic E-state index is 0.00512. The largest absolute Gasteiger partial charge is 0.490 e. The number of aliphatic hydroxyl groups excluding tert-OH is 1. The number of sulfonamides is 2. The van der Waals surface area contributed by atoms with Crippen LogP contribution in [-0.4, -0.2) is 108 Å². The van der Waals surface area contributed by atoms with Crippen LogP contribution in [0.3, 0.4) is 0 Å². The summed E-state index contributed by atoms with van der Waals surface area (Å²) in [6.45, 7) is 5.56. The van der Waals surface area contributed by atoms with Crippen molar-refractivity contribution in [2.45, 2.75) is 68.3 Å². The average Bonchev–Trinajstić information content (AvgIpc) is 3.67. The summed E-state index contributed by atoms with van der Waals surface area (Å²) in [4.78, 5) is 23.7. The van der Waals surface area contributed by atoms with Crippen molar-refractivity contribution in [1.82, 2.24) is 28.3 Å². The Morgan fingerprint density at radius 2 is 1.72 bits per heavy atom. The molecule has 0 saturated heterocycles. The van der Waals surface area contributed by atoms with Gasteiger partial charge in [0.1, 0.15) is 5.75 Å². The van der Waals surface area contributed by atoms with E-state index in [0.717, 1.165) is 6.42 Å². The summed E-state index contributed by atoms with van der Waals surface area (Å²) < 4.78 is 71.9. The van der Waals surface area contributed by atoms with Gasteiger partial charge in [0.2, 0.25) is 0 Å². The number of aryl methyl sites for hydroxylation is 2. The third-order valence-corrected chi connectivity index (χ3v) is 11.0. The maximum Gasteiger partial charge on any atom is 0.280 e. The molecule has 4 atom stereocenters. The number of rotatable bonds is 9. The van der Waals surface area contributed by atoms with Crippen LogP contribution in [0.4, 0.5) is 5.69 Å². The minimum atomic E-state index is -4.05. The van der Waals surface area contributed by atoms with Crippen LogP contribution in [0.1, 0.15) is 50.4 Å².